The molecule has 12 heterocycles. The van der Waals surface area contributed by atoms with Gasteiger partial charge in [0.25, 0.3) is 0 Å². The summed E-state index contributed by atoms with van der Waals surface area (Å²) in [5.41, 5.74) is 20.8. The van der Waals surface area contributed by atoms with E-state index >= 15 is 0 Å². The van der Waals surface area contributed by atoms with Crippen LogP contribution in [0.3, 0.4) is 0 Å². The van der Waals surface area contributed by atoms with Crippen molar-refractivity contribution in [1.82, 2.24) is 49.8 Å². The molecule has 4 aliphatic heterocycles. The smallest absolute Gasteiger partial charge is 0.123 e. The molecule has 0 amide bonds. The summed E-state index contributed by atoms with van der Waals surface area (Å²) in [6.45, 7) is 11.6. The van der Waals surface area contributed by atoms with Gasteiger partial charge < -0.3 is 38.9 Å². The van der Waals surface area contributed by atoms with Crippen molar-refractivity contribution in [1.29, 1.82) is 0 Å². The third-order valence-electron chi connectivity index (χ3n) is 24.8. The molecule has 128 heavy (non-hydrogen) atoms. The molecule has 4 aliphatic rings. The number of ether oxygens (including phenoxy) is 4. The van der Waals surface area contributed by atoms with Crippen molar-refractivity contribution in [3.05, 3.63) is 203 Å². The fourth-order valence-electron chi connectivity index (χ4n) is 17.8. The Morgan fingerprint density at radius 1 is 0.250 bits per heavy atom. The Kier molecular flexibility index (Phi) is 36.6. The van der Waals surface area contributed by atoms with E-state index in [9.17, 15) is 0 Å². The lowest BCUT2D eigenvalue weighted by Gasteiger charge is -2.14. The molecule has 0 spiro atoms. The zero-order valence-electron chi connectivity index (χ0n) is 76.9. The van der Waals surface area contributed by atoms with Gasteiger partial charge in [-0.1, -0.05) is 271 Å². The lowest BCUT2D eigenvalue weighted by atomic mass is 10.0. The highest BCUT2D eigenvalue weighted by atomic mass is 16.5. The number of unbranched alkanes of at least 4 members (excludes halogenated alkanes) is 36. The molecular formula is C114H136N10O4. The SMILES string of the molecule is CCCCCCCCCCCCOc1cc(OCCCCCCCCCCCC)cc(-c2c3nc(c(C#CC#Cc4c5nc(c(-c6ccccn6)c6ccc(cc7nc(c(-c8cc(OCCCCCCCCCCCC)cc(OCCCCCCCCCCCC)c8)c8ccc4[nH]8)C=C7)[nH]6)C=C5)c4ccc([nH]4)c(-c4ccccn4)c4nc(cc5ccc2[nH]5)C=C4)C=C3)c1. The summed E-state index contributed by atoms with van der Waals surface area (Å²) in [6, 6.07) is 45.8. The average Bonchev–Trinajstić information content (AvgIpc) is 1.61. The van der Waals surface area contributed by atoms with Crippen LogP contribution in [0.4, 0.5) is 0 Å². The molecule has 0 aliphatic carbocycles. The van der Waals surface area contributed by atoms with Crippen molar-refractivity contribution >= 4 is 92.7 Å². The first-order chi connectivity index (χ1) is 63.3. The van der Waals surface area contributed by atoms with Gasteiger partial charge in [-0.3, -0.25) is 9.97 Å². The summed E-state index contributed by atoms with van der Waals surface area (Å²) in [6.07, 6.45) is 70.4. The molecule has 0 saturated carbocycles. The van der Waals surface area contributed by atoms with Crippen LogP contribution in [0.5, 0.6) is 23.0 Å². The number of hydrogen-bond acceptors (Lipinski definition) is 10. The van der Waals surface area contributed by atoms with Crippen molar-refractivity contribution < 1.29 is 18.9 Å². The number of hydrogen-bond donors (Lipinski definition) is 4. The van der Waals surface area contributed by atoms with Gasteiger partial charge in [0.2, 0.25) is 0 Å². The van der Waals surface area contributed by atoms with E-state index in [0.717, 1.165) is 197 Å². The Morgan fingerprint density at radius 3 is 0.883 bits per heavy atom. The van der Waals surface area contributed by atoms with Crippen LogP contribution in [0.15, 0.2) is 146 Å². The van der Waals surface area contributed by atoms with Crippen LogP contribution >= 0.6 is 0 Å². The van der Waals surface area contributed by atoms with E-state index in [2.05, 4.69) is 211 Å². The molecule has 10 aromatic rings. The normalized spacial score (nSPS) is 11.9. The molecule has 16 bridgehead atoms. The van der Waals surface area contributed by atoms with Gasteiger partial charge in [-0.15, -0.1) is 0 Å². The summed E-state index contributed by atoms with van der Waals surface area (Å²) in [5, 5.41) is 0. The molecule has 0 fully saturated rings. The first kappa shape index (κ1) is 92.4. The van der Waals surface area contributed by atoms with Crippen LogP contribution in [0, 0.1) is 23.7 Å². The highest BCUT2D eigenvalue weighted by Crippen LogP contribution is 2.41. The molecule has 14 rings (SSSR count). The summed E-state index contributed by atoms with van der Waals surface area (Å²) >= 11 is 0. The molecule has 0 atom stereocenters. The van der Waals surface area contributed by atoms with Crippen LogP contribution in [-0.2, 0) is 0 Å². The second-order valence-corrected chi connectivity index (χ2v) is 35.1. The Hall–Kier alpha value is -11.7. The lowest BCUT2D eigenvalue weighted by Crippen LogP contribution is -2.01. The minimum atomic E-state index is 0.614. The van der Waals surface area contributed by atoms with Crippen LogP contribution < -0.4 is 18.9 Å². The summed E-state index contributed by atoms with van der Waals surface area (Å²) in [4.78, 5) is 47.1. The summed E-state index contributed by atoms with van der Waals surface area (Å²) in [5.74, 6) is 17.2. The lowest BCUT2D eigenvalue weighted by molar-refractivity contribution is 0.289. The standard InChI is InChI=1S/C114H136N10O4/c1-5-9-13-17-21-25-29-33-37-47-73-125-91-77-85(78-92(83-91)126-74-48-38-34-30-26-22-18-14-10-6-2)111-103-59-55-87(117-103)81-89-57-61-107(119-89)113(101-53-43-45-71-115-101)109-69-65-99(123-109)95(97-63-67-105(111)121-97)51-41-42-52-96-98-64-68-106(122-98)112(104-60-56-88(118-104)82-90-58-62-108(120-90)114(102-54-44-46-72-116-102)110-70-66-100(96)124-110)86-79-93(127-75-49-39-35-31-27-23-19-15-11-7-3)84-94(80-86)128-76-50-40-36-32-28-24-20-16-12-8-4/h43-46,53-72,77-84,117,120,122-123H,5-40,47-50,73-76H2,1-4H3. The van der Waals surface area contributed by atoms with Crippen LogP contribution in [0.25, 0.3) is 138 Å². The van der Waals surface area contributed by atoms with Gasteiger partial charge in [-0.2, -0.15) is 0 Å². The molecule has 666 valence electrons. The van der Waals surface area contributed by atoms with Crippen molar-refractivity contribution in [2.45, 2.75) is 285 Å². The van der Waals surface area contributed by atoms with Crippen molar-refractivity contribution in [2.75, 3.05) is 26.4 Å². The first-order valence-corrected chi connectivity index (χ1v) is 49.3. The fraction of sp³-hybridized carbons (Fsp3) is 0.421. The van der Waals surface area contributed by atoms with Crippen LogP contribution in [0.2, 0.25) is 0 Å². The third-order valence-corrected chi connectivity index (χ3v) is 24.8. The first-order valence-electron chi connectivity index (χ1n) is 49.3. The van der Waals surface area contributed by atoms with Crippen molar-refractivity contribution in [3.8, 4) is 91.4 Å². The Balaban J connectivity index is 0.876. The summed E-state index contributed by atoms with van der Waals surface area (Å²) < 4.78 is 27.2. The second-order valence-electron chi connectivity index (χ2n) is 35.1. The van der Waals surface area contributed by atoms with Gasteiger partial charge in [-0.05, 0) is 218 Å². The highest BCUT2D eigenvalue weighted by Gasteiger charge is 2.22. The molecule has 14 nitrogen and oxygen atoms in total. The maximum absolute atomic E-state index is 6.80. The Morgan fingerprint density at radius 2 is 0.531 bits per heavy atom. The molecule has 0 saturated heterocycles. The van der Waals surface area contributed by atoms with Gasteiger partial charge in [0.15, 0.2) is 0 Å². The molecule has 0 radical (unpaired) electrons. The quantitative estimate of drug-likeness (QED) is 0.0212. The van der Waals surface area contributed by atoms with E-state index in [4.69, 9.17) is 48.9 Å². The number of nitrogens with zero attached hydrogens (tertiary/aromatic N) is 6. The van der Waals surface area contributed by atoms with Gasteiger partial charge in [0, 0.05) is 68.8 Å². The van der Waals surface area contributed by atoms with E-state index in [-0.39, 0.29) is 0 Å². The second kappa shape index (κ2) is 50.7. The number of H-pyrrole nitrogens is 4. The van der Waals surface area contributed by atoms with Crippen LogP contribution in [-0.4, -0.2) is 76.3 Å². The number of rotatable bonds is 52. The van der Waals surface area contributed by atoms with E-state index in [0.29, 0.717) is 48.9 Å². The Labute approximate surface area is 761 Å². The molecule has 14 heteroatoms. The number of aromatic amines is 4. The number of nitrogens with one attached hydrogen (secondary N) is 4. The molecule has 4 N–H and O–H groups in total. The zero-order valence-corrected chi connectivity index (χ0v) is 76.9. The number of benzene rings is 2. The minimum Gasteiger partial charge on any atom is -0.493 e. The monoisotopic (exact) mass is 1710 g/mol. The maximum atomic E-state index is 6.80. The van der Waals surface area contributed by atoms with Gasteiger partial charge in [0.1, 0.15) is 23.0 Å². The predicted octanol–water partition coefficient (Wildman–Crippen LogP) is 31.7. The van der Waals surface area contributed by atoms with Gasteiger partial charge >= 0.3 is 0 Å². The maximum Gasteiger partial charge on any atom is 0.123 e. The largest absolute Gasteiger partial charge is 0.493 e. The fourth-order valence-corrected chi connectivity index (χ4v) is 17.8. The molecule has 0 unspecified atom stereocenters. The highest BCUT2D eigenvalue weighted by molar-refractivity contribution is 5.97. The number of pyridine rings is 2. The van der Waals surface area contributed by atoms with Gasteiger partial charge in [-0.25, -0.2) is 19.9 Å². The molecule has 2 aromatic carbocycles. The Bertz CT molecular complexity index is 5610. The molecule has 8 aromatic heterocycles. The third kappa shape index (κ3) is 27.4. The topological polar surface area (TPSA) is 177 Å². The summed E-state index contributed by atoms with van der Waals surface area (Å²) in [7, 11) is 0. The predicted molar refractivity (Wildman–Crippen MR) is 538 cm³/mol. The van der Waals surface area contributed by atoms with E-state index in [1.165, 1.54) is 205 Å². The number of aromatic nitrogens is 10. The van der Waals surface area contributed by atoms with Crippen LogP contribution in [0.1, 0.15) is 341 Å². The van der Waals surface area contributed by atoms with Gasteiger partial charge in [0.05, 0.1) is 117 Å². The van der Waals surface area contributed by atoms with E-state index in [1.807, 2.05) is 54.9 Å². The minimum absolute atomic E-state index is 0.614. The zero-order chi connectivity index (χ0) is 87.8. The van der Waals surface area contributed by atoms with Crippen molar-refractivity contribution in [2.24, 2.45) is 0 Å². The average molecular weight is 1710 g/mol. The number of fused-ring (bicyclic) bond motifs is 16. The van der Waals surface area contributed by atoms with E-state index < -0.39 is 0 Å². The molecular weight excluding hydrogens is 1570 g/mol. The van der Waals surface area contributed by atoms with Crippen molar-refractivity contribution in [3.63, 3.8) is 0 Å². The van der Waals surface area contributed by atoms with E-state index in [1.54, 1.807) is 0 Å².